The molecule has 2 N–H and O–H groups in total. The molecule has 2 aliphatic heterocycles. The number of fused-ring (bicyclic) bond motifs is 1. The number of hydrogen-bond donors (Lipinski definition) is 2. The number of cyclic esters (lactones) is 1. The average molecular weight is 375 g/mol. The summed E-state index contributed by atoms with van der Waals surface area (Å²) in [7, 11) is 0. The Morgan fingerprint density at radius 1 is 1.41 bits per heavy atom. The maximum atomic E-state index is 12.2. The van der Waals surface area contributed by atoms with Gasteiger partial charge in [0.15, 0.2) is 0 Å². The van der Waals surface area contributed by atoms with Gasteiger partial charge in [0.2, 0.25) is 11.8 Å². The molecule has 0 aromatic carbocycles. The number of carbonyl (C=O) groups excluding carboxylic acids is 3. The van der Waals surface area contributed by atoms with Crippen LogP contribution in [-0.4, -0.2) is 77.7 Å². The van der Waals surface area contributed by atoms with Crippen LogP contribution in [0.25, 0.3) is 0 Å². The molecule has 3 fully saturated rings. The fourth-order valence-corrected chi connectivity index (χ4v) is 4.61. The number of aliphatic hydroxyl groups excluding tert-OH is 1. The van der Waals surface area contributed by atoms with Crippen molar-refractivity contribution in [2.45, 2.75) is 31.9 Å². The van der Waals surface area contributed by atoms with Crippen LogP contribution in [0.5, 0.6) is 0 Å². The number of allylic oxidation sites excluding steroid dienone is 1. The number of likely N-dealkylation sites (tertiary alicyclic amines) is 1. The number of piperidine rings is 1. The molecule has 2 aliphatic carbocycles. The van der Waals surface area contributed by atoms with Gasteiger partial charge in [-0.05, 0) is 24.3 Å². The van der Waals surface area contributed by atoms with Crippen LogP contribution in [0.15, 0.2) is 23.8 Å². The van der Waals surface area contributed by atoms with Gasteiger partial charge in [0.05, 0.1) is 19.1 Å². The van der Waals surface area contributed by atoms with E-state index < -0.39 is 6.61 Å². The van der Waals surface area contributed by atoms with Crippen LogP contribution in [-0.2, 0) is 14.3 Å². The van der Waals surface area contributed by atoms with Gasteiger partial charge in [0.25, 0.3) is 0 Å². The number of rotatable bonds is 5. The van der Waals surface area contributed by atoms with E-state index >= 15 is 0 Å². The normalized spacial score (nSPS) is 34.2. The van der Waals surface area contributed by atoms with Gasteiger partial charge in [-0.1, -0.05) is 18.2 Å². The fraction of sp³-hybridized carbons (Fsp3) is 0.632. The third-order valence-corrected chi connectivity index (χ3v) is 6.17. The molecule has 0 bridgehead atoms. The minimum atomic E-state index is -0.434. The van der Waals surface area contributed by atoms with Gasteiger partial charge in [0.1, 0.15) is 12.7 Å². The summed E-state index contributed by atoms with van der Waals surface area (Å²) < 4.78 is 5.33. The molecule has 4 atom stereocenters. The molecule has 1 saturated carbocycles. The molecule has 0 spiro atoms. The highest BCUT2D eigenvalue weighted by Gasteiger charge is 2.62. The standard InChI is InChI=1S/C19H25N3O5/c1-12(24)20-7-16-9-22(18(26)27-16)15-4-2-13(3-5-15)19-6-14(19)8-21(11-19)17(25)10-23/h2-4,14-16,23H,5-11H2,1H3,(H,20,24)/t14-,15?,16-,19+/m0/s1. The maximum Gasteiger partial charge on any atom is 0.410 e. The lowest BCUT2D eigenvalue weighted by Crippen LogP contribution is -2.38. The highest BCUT2D eigenvalue weighted by molar-refractivity contribution is 5.78. The van der Waals surface area contributed by atoms with Crippen LogP contribution in [0.3, 0.4) is 0 Å². The van der Waals surface area contributed by atoms with Crippen molar-refractivity contribution in [1.82, 2.24) is 15.1 Å². The fourth-order valence-electron chi connectivity index (χ4n) is 4.61. The van der Waals surface area contributed by atoms with E-state index in [1.54, 1.807) is 9.80 Å². The molecule has 3 amide bonds. The Kier molecular flexibility index (Phi) is 4.46. The summed E-state index contributed by atoms with van der Waals surface area (Å²) in [5.74, 6) is 0.127. The van der Waals surface area contributed by atoms with E-state index in [2.05, 4.69) is 17.5 Å². The first kappa shape index (κ1) is 18.0. The Hall–Kier alpha value is -2.35. The van der Waals surface area contributed by atoms with Crippen molar-refractivity contribution < 1.29 is 24.2 Å². The lowest BCUT2D eigenvalue weighted by atomic mass is 9.88. The Morgan fingerprint density at radius 3 is 2.89 bits per heavy atom. The van der Waals surface area contributed by atoms with E-state index in [9.17, 15) is 14.4 Å². The third kappa shape index (κ3) is 3.22. The average Bonchev–Trinajstić information content (AvgIpc) is 3.03. The predicted molar refractivity (Wildman–Crippen MR) is 95.5 cm³/mol. The zero-order chi connectivity index (χ0) is 19.2. The molecular weight excluding hydrogens is 350 g/mol. The van der Waals surface area contributed by atoms with Crippen molar-refractivity contribution >= 4 is 17.9 Å². The second kappa shape index (κ2) is 6.67. The van der Waals surface area contributed by atoms with E-state index in [1.165, 1.54) is 12.5 Å². The number of ether oxygens (including phenoxy) is 1. The first-order chi connectivity index (χ1) is 12.9. The van der Waals surface area contributed by atoms with Gasteiger partial charge in [-0.2, -0.15) is 0 Å². The summed E-state index contributed by atoms with van der Waals surface area (Å²) in [5.41, 5.74) is 1.27. The van der Waals surface area contributed by atoms with Gasteiger partial charge in [0, 0.05) is 25.4 Å². The monoisotopic (exact) mass is 375 g/mol. The second-order valence-electron chi connectivity index (χ2n) is 7.91. The summed E-state index contributed by atoms with van der Waals surface area (Å²) in [6, 6.07) is -0.0474. The summed E-state index contributed by atoms with van der Waals surface area (Å²) in [5, 5.41) is 11.8. The van der Waals surface area contributed by atoms with Crippen LogP contribution < -0.4 is 5.32 Å². The SMILES string of the molecule is CC(=O)NC[C@H]1CN(C2C=CC([C@]34C[C@H]3CN(C(=O)CO)C4)=CC2)C(=O)O1. The zero-order valence-electron chi connectivity index (χ0n) is 15.4. The molecular formula is C19H25N3O5. The summed E-state index contributed by atoms with van der Waals surface area (Å²) in [6.07, 6.45) is 7.42. The smallest absolute Gasteiger partial charge is 0.410 e. The molecule has 0 aromatic rings. The third-order valence-electron chi connectivity index (χ3n) is 6.17. The van der Waals surface area contributed by atoms with Crippen molar-refractivity contribution in [1.29, 1.82) is 0 Å². The Bertz CT molecular complexity index is 733. The van der Waals surface area contributed by atoms with Crippen LogP contribution in [0.2, 0.25) is 0 Å². The predicted octanol–water partition coefficient (Wildman–Crippen LogP) is 0.0390. The van der Waals surface area contributed by atoms with Gasteiger partial charge in [-0.15, -0.1) is 0 Å². The lowest BCUT2D eigenvalue weighted by Gasteiger charge is -2.27. The summed E-state index contributed by atoms with van der Waals surface area (Å²) >= 11 is 0. The minimum absolute atomic E-state index is 0.0335. The molecule has 0 radical (unpaired) electrons. The molecule has 4 aliphatic rings. The second-order valence-corrected chi connectivity index (χ2v) is 7.91. The number of hydrogen-bond acceptors (Lipinski definition) is 5. The highest BCUT2D eigenvalue weighted by atomic mass is 16.6. The van der Waals surface area contributed by atoms with Gasteiger partial charge >= 0.3 is 6.09 Å². The minimum Gasteiger partial charge on any atom is -0.442 e. The van der Waals surface area contributed by atoms with Crippen molar-refractivity contribution in [3.05, 3.63) is 23.8 Å². The van der Waals surface area contributed by atoms with Crippen LogP contribution in [0, 0.1) is 11.3 Å². The van der Waals surface area contributed by atoms with Crippen molar-refractivity contribution in [3.8, 4) is 0 Å². The molecule has 8 heteroatoms. The number of amides is 3. The Balaban J connectivity index is 1.35. The first-order valence-corrected chi connectivity index (χ1v) is 9.42. The lowest BCUT2D eigenvalue weighted by molar-refractivity contribution is -0.133. The first-order valence-electron chi connectivity index (χ1n) is 9.42. The molecule has 0 aromatic heterocycles. The Labute approximate surface area is 157 Å². The highest BCUT2D eigenvalue weighted by Crippen LogP contribution is 2.63. The zero-order valence-corrected chi connectivity index (χ0v) is 15.4. The van der Waals surface area contributed by atoms with Crippen LogP contribution >= 0.6 is 0 Å². The molecule has 8 nitrogen and oxygen atoms in total. The quantitative estimate of drug-likeness (QED) is 0.707. The van der Waals surface area contributed by atoms with E-state index in [1.807, 2.05) is 6.08 Å². The van der Waals surface area contributed by atoms with Crippen LogP contribution in [0.1, 0.15) is 19.8 Å². The van der Waals surface area contributed by atoms with Gasteiger partial charge in [-0.3, -0.25) is 14.5 Å². The number of nitrogens with one attached hydrogen (secondary N) is 1. The van der Waals surface area contributed by atoms with Crippen molar-refractivity contribution in [2.75, 3.05) is 32.8 Å². The van der Waals surface area contributed by atoms with Crippen molar-refractivity contribution in [2.24, 2.45) is 11.3 Å². The molecule has 2 heterocycles. The molecule has 2 saturated heterocycles. The van der Waals surface area contributed by atoms with Gasteiger partial charge in [-0.25, -0.2) is 4.79 Å². The van der Waals surface area contributed by atoms with E-state index in [0.717, 1.165) is 19.4 Å². The summed E-state index contributed by atoms with van der Waals surface area (Å²) in [6.45, 7) is 3.18. The Morgan fingerprint density at radius 2 is 2.22 bits per heavy atom. The molecule has 4 rings (SSSR count). The van der Waals surface area contributed by atoms with Crippen LogP contribution in [0.4, 0.5) is 4.79 Å². The summed E-state index contributed by atoms with van der Waals surface area (Å²) in [4.78, 5) is 38.4. The largest absolute Gasteiger partial charge is 0.442 e. The molecule has 1 unspecified atom stereocenters. The number of aliphatic hydroxyl groups is 1. The number of nitrogens with zero attached hydrogens (tertiary/aromatic N) is 2. The number of carbonyl (C=O) groups is 3. The topological polar surface area (TPSA) is 99.2 Å². The van der Waals surface area contributed by atoms with E-state index in [-0.39, 0.29) is 35.5 Å². The van der Waals surface area contributed by atoms with Gasteiger partial charge < -0.3 is 20.1 Å². The van der Waals surface area contributed by atoms with Crippen molar-refractivity contribution in [3.63, 3.8) is 0 Å². The molecule has 27 heavy (non-hydrogen) atoms. The maximum absolute atomic E-state index is 12.2. The van der Waals surface area contributed by atoms with E-state index in [0.29, 0.717) is 25.6 Å². The van der Waals surface area contributed by atoms with E-state index in [4.69, 9.17) is 9.84 Å². The molecule has 146 valence electrons.